The molecule has 5 heteroatoms. The van der Waals surface area contributed by atoms with E-state index < -0.39 is 0 Å². The summed E-state index contributed by atoms with van der Waals surface area (Å²) in [6.45, 7) is 3.02. The predicted molar refractivity (Wildman–Crippen MR) is 85.4 cm³/mol. The fraction of sp³-hybridized carbons (Fsp3) is 0.471. The van der Waals surface area contributed by atoms with Gasteiger partial charge in [-0.15, -0.1) is 11.3 Å². The Morgan fingerprint density at radius 3 is 3.18 bits per heavy atom. The Bertz CT molecular complexity index is 559. The Kier molecular flexibility index (Phi) is 7.17. The second-order valence-electron chi connectivity index (χ2n) is 4.85. The van der Waals surface area contributed by atoms with E-state index in [9.17, 15) is 4.79 Å². The van der Waals surface area contributed by atoms with Crippen molar-refractivity contribution in [1.82, 2.24) is 0 Å². The first-order chi connectivity index (χ1) is 10.7. The average molecular weight is 320 g/mol. The molecule has 118 valence electrons. The molecule has 1 aliphatic heterocycles. The lowest BCUT2D eigenvalue weighted by Crippen LogP contribution is -2.22. The molecule has 0 saturated carbocycles. The highest BCUT2D eigenvalue weighted by atomic mass is 32.1. The first kappa shape index (κ1) is 16.8. The van der Waals surface area contributed by atoms with Crippen molar-refractivity contribution >= 4 is 17.3 Å². The molecule has 1 unspecified atom stereocenters. The summed E-state index contributed by atoms with van der Waals surface area (Å²) in [4.78, 5) is 12.7. The number of carbonyl (C=O) groups is 1. The maximum atomic E-state index is 10.7. The van der Waals surface area contributed by atoms with Crippen LogP contribution in [0.3, 0.4) is 0 Å². The van der Waals surface area contributed by atoms with E-state index in [1.54, 1.807) is 6.08 Å². The first-order valence-corrected chi connectivity index (χ1v) is 8.17. The fourth-order valence-electron chi connectivity index (χ4n) is 1.92. The lowest BCUT2D eigenvalue weighted by molar-refractivity contribution is -0.155. The second kappa shape index (κ2) is 9.42. The van der Waals surface area contributed by atoms with Gasteiger partial charge in [0.2, 0.25) is 0 Å². The number of rotatable bonds is 5. The van der Waals surface area contributed by atoms with E-state index in [1.807, 2.05) is 18.2 Å². The Morgan fingerprint density at radius 1 is 1.50 bits per heavy atom. The monoisotopic (exact) mass is 320 g/mol. The van der Waals surface area contributed by atoms with Gasteiger partial charge in [-0.2, -0.15) is 0 Å². The minimum atomic E-state index is -0.272. The average Bonchev–Trinajstić information content (AvgIpc) is 2.97. The molecule has 1 atom stereocenters. The minimum Gasteiger partial charge on any atom is -0.460 e. The SMILES string of the molecule is CC(=O)OCc1ccc(C#C/C=C/COC2CCCCO2)s1. The van der Waals surface area contributed by atoms with Crippen LogP contribution in [0.25, 0.3) is 0 Å². The van der Waals surface area contributed by atoms with Crippen molar-refractivity contribution in [1.29, 1.82) is 0 Å². The fourth-order valence-corrected chi connectivity index (χ4v) is 2.70. The smallest absolute Gasteiger partial charge is 0.302 e. The summed E-state index contributed by atoms with van der Waals surface area (Å²) in [5.74, 6) is 5.74. The summed E-state index contributed by atoms with van der Waals surface area (Å²) < 4.78 is 16.0. The highest BCUT2D eigenvalue weighted by Gasteiger charge is 2.12. The summed E-state index contributed by atoms with van der Waals surface area (Å²) in [6, 6.07) is 3.85. The zero-order valence-electron chi connectivity index (χ0n) is 12.7. The molecule has 0 spiro atoms. The third-order valence-corrected chi connectivity index (χ3v) is 3.97. The van der Waals surface area contributed by atoms with Crippen molar-refractivity contribution in [3.8, 4) is 11.8 Å². The summed E-state index contributed by atoms with van der Waals surface area (Å²) in [6.07, 6.45) is 6.88. The van der Waals surface area contributed by atoms with Crippen molar-refractivity contribution in [2.24, 2.45) is 0 Å². The number of hydrogen-bond acceptors (Lipinski definition) is 5. The molecule has 0 radical (unpaired) electrons. The second-order valence-corrected chi connectivity index (χ2v) is 6.02. The number of hydrogen-bond donors (Lipinski definition) is 0. The Balaban J connectivity index is 1.69. The standard InChI is InChI=1S/C17H20O4S/c1-14(18)21-13-16-10-9-15(22-16)7-3-2-5-11-19-17-8-4-6-12-20-17/h2,5,9-10,17H,4,6,8,11-13H2,1H3/b5-2+. The van der Waals surface area contributed by atoms with Crippen molar-refractivity contribution in [3.05, 3.63) is 34.0 Å². The molecule has 0 bridgehead atoms. The van der Waals surface area contributed by atoms with E-state index in [0.29, 0.717) is 13.2 Å². The Morgan fingerprint density at radius 2 is 2.41 bits per heavy atom. The summed E-state index contributed by atoms with van der Waals surface area (Å²) >= 11 is 1.53. The van der Waals surface area contributed by atoms with Crippen molar-refractivity contribution < 1.29 is 19.0 Å². The molecule has 4 nitrogen and oxygen atoms in total. The van der Waals surface area contributed by atoms with E-state index in [-0.39, 0.29) is 12.3 Å². The highest BCUT2D eigenvalue weighted by Crippen LogP contribution is 2.16. The van der Waals surface area contributed by atoms with Crippen LogP contribution in [0.2, 0.25) is 0 Å². The van der Waals surface area contributed by atoms with Crippen molar-refractivity contribution in [2.75, 3.05) is 13.2 Å². The number of esters is 1. The van der Waals surface area contributed by atoms with Gasteiger partial charge in [-0.3, -0.25) is 4.79 Å². The van der Waals surface area contributed by atoms with Gasteiger partial charge in [-0.05, 0) is 37.5 Å². The first-order valence-electron chi connectivity index (χ1n) is 7.36. The molecule has 2 rings (SSSR count). The topological polar surface area (TPSA) is 44.8 Å². The van der Waals surface area contributed by atoms with E-state index in [4.69, 9.17) is 14.2 Å². The van der Waals surface area contributed by atoms with Gasteiger partial charge < -0.3 is 14.2 Å². The van der Waals surface area contributed by atoms with Crippen LogP contribution in [0.4, 0.5) is 0 Å². The van der Waals surface area contributed by atoms with Crippen LogP contribution in [0.15, 0.2) is 24.3 Å². The number of carbonyl (C=O) groups excluding carboxylic acids is 1. The molecule has 1 saturated heterocycles. The van der Waals surface area contributed by atoms with Crippen LogP contribution >= 0.6 is 11.3 Å². The summed E-state index contributed by atoms with van der Waals surface area (Å²) in [5, 5.41) is 0. The molecule has 0 amide bonds. The summed E-state index contributed by atoms with van der Waals surface area (Å²) in [7, 11) is 0. The van der Waals surface area contributed by atoms with Crippen molar-refractivity contribution in [3.63, 3.8) is 0 Å². The van der Waals surface area contributed by atoms with Gasteiger partial charge in [0.25, 0.3) is 0 Å². The molecule has 0 N–H and O–H groups in total. The van der Waals surface area contributed by atoms with Crippen LogP contribution in [-0.2, 0) is 25.6 Å². The van der Waals surface area contributed by atoms with E-state index in [2.05, 4.69) is 11.8 Å². The van der Waals surface area contributed by atoms with Gasteiger partial charge in [0.05, 0.1) is 11.5 Å². The van der Waals surface area contributed by atoms with Gasteiger partial charge >= 0.3 is 5.97 Å². The molecule has 2 heterocycles. The zero-order chi connectivity index (χ0) is 15.6. The number of ether oxygens (including phenoxy) is 3. The number of thiophene rings is 1. The van der Waals surface area contributed by atoms with Crippen LogP contribution in [0, 0.1) is 11.8 Å². The van der Waals surface area contributed by atoms with Gasteiger partial charge in [0.15, 0.2) is 6.29 Å². The van der Waals surface area contributed by atoms with Gasteiger partial charge in [-0.1, -0.05) is 17.9 Å². The predicted octanol–water partition coefficient (Wildman–Crippen LogP) is 3.26. The van der Waals surface area contributed by atoms with E-state index in [0.717, 1.165) is 29.2 Å². The largest absolute Gasteiger partial charge is 0.460 e. The van der Waals surface area contributed by atoms with Crippen LogP contribution < -0.4 is 0 Å². The third kappa shape index (κ3) is 6.44. The van der Waals surface area contributed by atoms with Gasteiger partial charge in [-0.25, -0.2) is 0 Å². The molecule has 0 aromatic carbocycles. The maximum Gasteiger partial charge on any atom is 0.302 e. The van der Waals surface area contributed by atoms with Crippen LogP contribution in [0.5, 0.6) is 0 Å². The molecule has 1 aromatic heterocycles. The Labute approximate surface area is 135 Å². The quantitative estimate of drug-likeness (QED) is 0.617. The molecular formula is C17H20O4S. The Hall–Kier alpha value is -1.61. The van der Waals surface area contributed by atoms with Gasteiger partial charge in [0, 0.05) is 18.4 Å². The van der Waals surface area contributed by atoms with E-state index >= 15 is 0 Å². The van der Waals surface area contributed by atoms with Crippen LogP contribution in [-0.4, -0.2) is 25.5 Å². The third-order valence-electron chi connectivity index (χ3n) is 2.99. The zero-order valence-corrected chi connectivity index (χ0v) is 13.5. The minimum absolute atomic E-state index is 0.0625. The van der Waals surface area contributed by atoms with Gasteiger partial charge in [0.1, 0.15) is 6.61 Å². The molecule has 1 fully saturated rings. The van der Waals surface area contributed by atoms with E-state index in [1.165, 1.54) is 24.7 Å². The molecule has 22 heavy (non-hydrogen) atoms. The lowest BCUT2D eigenvalue weighted by atomic mass is 10.2. The molecular weight excluding hydrogens is 300 g/mol. The molecule has 1 aromatic rings. The molecule has 0 aliphatic carbocycles. The lowest BCUT2D eigenvalue weighted by Gasteiger charge is -2.21. The summed E-state index contributed by atoms with van der Waals surface area (Å²) in [5.41, 5.74) is 0. The molecule has 1 aliphatic rings. The van der Waals surface area contributed by atoms with Crippen LogP contribution in [0.1, 0.15) is 35.9 Å². The highest BCUT2D eigenvalue weighted by molar-refractivity contribution is 7.12. The normalized spacial score (nSPS) is 18.0. The van der Waals surface area contributed by atoms with Crippen molar-refractivity contribution in [2.45, 2.75) is 39.1 Å². The number of allylic oxidation sites excluding steroid dienone is 1. The maximum absolute atomic E-state index is 10.7.